The lowest BCUT2D eigenvalue weighted by atomic mass is 9.83. The lowest BCUT2D eigenvalue weighted by Gasteiger charge is -2.39. The molecule has 0 aromatic rings. The molecule has 0 amide bonds. The quantitative estimate of drug-likeness (QED) is 0.563. The Morgan fingerprint density at radius 1 is 0.609 bits per heavy atom. The largest absolute Gasteiger partial charge is 0.449 e. The van der Waals surface area contributed by atoms with Gasteiger partial charge in [0.2, 0.25) is 0 Å². The minimum absolute atomic E-state index is 0.0334. The molecular weight excluding hydrogens is 333 g/mol. The Labute approximate surface area is 131 Å². The smallest absolute Gasteiger partial charge is 0.307 e. The molecule has 23 heavy (non-hydrogen) atoms. The maximum atomic E-state index is 13.7. The average Bonchev–Trinajstić information content (AvgIpc) is 2.05. The maximum absolute atomic E-state index is 13.7. The average molecular weight is 356 g/mol. The van der Waals surface area contributed by atoms with Crippen LogP contribution >= 0.6 is 0 Å². The summed E-state index contributed by atoms with van der Waals surface area (Å²) in [5.74, 6) is 0. The summed E-state index contributed by atoms with van der Waals surface area (Å²) in [5.41, 5.74) is -5.71. The molecule has 0 saturated carbocycles. The molecule has 0 radical (unpaired) electrons. The van der Waals surface area contributed by atoms with E-state index in [1.807, 2.05) is 0 Å². The molecule has 0 spiro atoms. The van der Waals surface area contributed by atoms with Crippen LogP contribution in [0.4, 0.5) is 30.7 Å². The summed E-state index contributed by atoms with van der Waals surface area (Å²) < 4.78 is 99.9. The molecular formula is C14H23F7O2. The lowest BCUT2D eigenvalue weighted by molar-refractivity contribution is -0.480. The van der Waals surface area contributed by atoms with Gasteiger partial charge in [-0.05, 0) is 39.5 Å². The Balaban J connectivity index is 5.32. The zero-order valence-corrected chi connectivity index (χ0v) is 14.2. The van der Waals surface area contributed by atoms with Crippen LogP contribution < -0.4 is 0 Å². The van der Waals surface area contributed by atoms with Gasteiger partial charge in [-0.25, -0.2) is 0 Å². The summed E-state index contributed by atoms with van der Waals surface area (Å²) in [6.45, 7) is 7.80. The van der Waals surface area contributed by atoms with Gasteiger partial charge in [-0.1, -0.05) is 20.8 Å². The predicted molar refractivity (Wildman–Crippen MR) is 70.3 cm³/mol. The van der Waals surface area contributed by atoms with Crippen LogP contribution in [0.25, 0.3) is 0 Å². The standard InChI is InChI=1S/C14H23F7O2/c1-9(2,3)8-10(4,5)22-13(18,19)14(20,21)23-11(6,7)12(15,16)17/h8H2,1-7H3. The number of ether oxygens (including phenoxy) is 2. The van der Waals surface area contributed by atoms with Crippen molar-refractivity contribution < 1.29 is 40.2 Å². The van der Waals surface area contributed by atoms with Gasteiger partial charge >= 0.3 is 18.4 Å². The molecule has 140 valence electrons. The number of hydrogen-bond acceptors (Lipinski definition) is 2. The van der Waals surface area contributed by atoms with Gasteiger partial charge in [0, 0.05) is 0 Å². The van der Waals surface area contributed by atoms with E-state index in [2.05, 4.69) is 9.47 Å². The second kappa shape index (κ2) is 6.06. The zero-order chi connectivity index (χ0) is 19.1. The number of rotatable bonds is 6. The van der Waals surface area contributed by atoms with Crippen LogP contribution in [-0.2, 0) is 9.47 Å². The van der Waals surface area contributed by atoms with Crippen LogP contribution in [0, 0.1) is 5.41 Å². The Morgan fingerprint density at radius 2 is 0.957 bits per heavy atom. The van der Waals surface area contributed by atoms with E-state index in [-0.39, 0.29) is 20.3 Å². The van der Waals surface area contributed by atoms with Gasteiger partial charge in [-0.3, -0.25) is 4.74 Å². The van der Waals surface area contributed by atoms with E-state index in [4.69, 9.17) is 0 Å². The minimum atomic E-state index is -5.46. The van der Waals surface area contributed by atoms with Crippen LogP contribution in [0.3, 0.4) is 0 Å². The van der Waals surface area contributed by atoms with Crippen LogP contribution in [0.15, 0.2) is 0 Å². The van der Waals surface area contributed by atoms with Crippen molar-refractivity contribution in [2.75, 3.05) is 0 Å². The second-order valence-electron chi connectivity index (χ2n) is 7.74. The molecule has 0 aliphatic rings. The Morgan fingerprint density at radius 3 is 1.26 bits per heavy atom. The fraction of sp³-hybridized carbons (Fsp3) is 1.00. The monoisotopic (exact) mass is 356 g/mol. The van der Waals surface area contributed by atoms with E-state index in [0.29, 0.717) is 0 Å². The van der Waals surface area contributed by atoms with Crippen LogP contribution in [0.2, 0.25) is 0 Å². The second-order valence-corrected chi connectivity index (χ2v) is 7.74. The van der Waals surface area contributed by atoms with E-state index in [9.17, 15) is 30.7 Å². The first kappa shape index (κ1) is 22.4. The Kier molecular flexibility index (Phi) is 5.91. The molecule has 0 fully saturated rings. The summed E-state index contributed by atoms with van der Waals surface area (Å²) in [7, 11) is 0. The molecule has 0 atom stereocenters. The Bertz CT molecular complexity index is 406. The fourth-order valence-corrected chi connectivity index (χ4v) is 2.16. The fourth-order valence-electron chi connectivity index (χ4n) is 2.16. The van der Waals surface area contributed by atoms with Gasteiger partial charge in [0.1, 0.15) is 0 Å². The first-order valence-corrected chi connectivity index (χ1v) is 6.85. The number of alkyl halides is 7. The molecule has 2 nitrogen and oxygen atoms in total. The molecule has 0 rings (SSSR count). The van der Waals surface area contributed by atoms with E-state index in [1.165, 1.54) is 0 Å². The van der Waals surface area contributed by atoms with Gasteiger partial charge in [0.05, 0.1) is 5.60 Å². The summed E-state index contributed by atoms with van der Waals surface area (Å²) >= 11 is 0. The first-order chi connectivity index (χ1) is 9.62. The van der Waals surface area contributed by atoms with Crippen molar-refractivity contribution in [1.82, 2.24) is 0 Å². The summed E-state index contributed by atoms with van der Waals surface area (Å²) in [6, 6.07) is 0. The van der Waals surface area contributed by atoms with Crippen LogP contribution in [-0.4, -0.2) is 29.6 Å². The highest BCUT2D eigenvalue weighted by Gasteiger charge is 2.67. The van der Waals surface area contributed by atoms with Crippen molar-refractivity contribution in [3.05, 3.63) is 0 Å². The molecule has 0 N–H and O–H groups in total. The third kappa shape index (κ3) is 6.45. The van der Waals surface area contributed by atoms with E-state index in [1.54, 1.807) is 20.8 Å². The van der Waals surface area contributed by atoms with E-state index in [0.717, 1.165) is 13.8 Å². The van der Waals surface area contributed by atoms with Gasteiger partial charge in [-0.15, -0.1) is 0 Å². The van der Waals surface area contributed by atoms with Crippen molar-refractivity contribution in [3.63, 3.8) is 0 Å². The highest BCUT2D eigenvalue weighted by molar-refractivity contribution is 4.85. The van der Waals surface area contributed by atoms with E-state index >= 15 is 0 Å². The normalized spacial score (nSPS) is 15.9. The van der Waals surface area contributed by atoms with Crippen molar-refractivity contribution in [1.29, 1.82) is 0 Å². The summed E-state index contributed by atoms with van der Waals surface area (Å²) in [4.78, 5) is 0. The van der Waals surface area contributed by atoms with Crippen molar-refractivity contribution in [3.8, 4) is 0 Å². The highest BCUT2D eigenvalue weighted by Crippen LogP contribution is 2.46. The Hall–Kier alpha value is -0.570. The lowest BCUT2D eigenvalue weighted by Crippen LogP contribution is -2.56. The van der Waals surface area contributed by atoms with Gasteiger partial charge in [-0.2, -0.15) is 30.7 Å². The van der Waals surface area contributed by atoms with Gasteiger partial charge in [0.25, 0.3) is 0 Å². The van der Waals surface area contributed by atoms with Crippen molar-refractivity contribution >= 4 is 0 Å². The molecule has 0 heterocycles. The van der Waals surface area contributed by atoms with Crippen molar-refractivity contribution in [2.24, 2.45) is 5.41 Å². The maximum Gasteiger partial charge on any atom is 0.449 e. The van der Waals surface area contributed by atoms with E-state index < -0.39 is 35.0 Å². The molecule has 0 aliphatic carbocycles. The molecule has 0 aromatic heterocycles. The molecule has 0 unspecified atom stereocenters. The zero-order valence-electron chi connectivity index (χ0n) is 14.2. The molecule has 0 aromatic carbocycles. The number of halogens is 7. The summed E-state index contributed by atoms with van der Waals surface area (Å²) in [5, 5.41) is 0. The molecule has 0 aliphatic heterocycles. The molecule has 9 heteroatoms. The van der Waals surface area contributed by atoms with Crippen molar-refractivity contribution in [2.45, 2.75) is 84.5 Å². The predicted octanol–water partition coefficient (Wildman–Crippen LogP) is 5.76. The van der Waals surface area contributed by atoms with Gasteiger partial charge in [0.15, 0.2) is 5.60 Å². The topological polar surface area (TPSA) is 18.5 Å². The SMILES string of the molecule is CC(C)(C)CC(C)(C)OC(F)(F)C(F)(F)OC(C)(C)C(F)(F)F. The number of hydrogen-bond donors (Lipinski definition) is 0. The summed E-state index contributed by atoms with van der Waals surface area (Å²) in [6.07, 6.45) is -16.0. The highest BCUT2D eigenvalue weighted by atomic mass is 19.4. The van der Waals surface area contributed by atoms with Crippen LogP contribution in [0.1, 0.15) is 54.9 Å². The van der Waals surface area contributed by atoms with Gasteiger partial charge < -0.3 is 4.74 Å². The third-order valence-corrected chi connectivity index (χ3v) is 2.77. The minimum Gasteiger partial charge on any atom is -0.307 e. The molecule has 0 bridgehead atoms. The van der Waals surface area contributed by atoms with Crippen LogP contribution in [0.5, 0.6) is 0 Å². The first-order valence-electron chi connectivity index (χ1n) is 6.85. The third-order valence-electron chi connectivity index (χ3n) is 2.77. The molecule has 0 saturated heterocycles.